The zero-order valence-electron chi connectivity index (χ0n) is 18.5. The number of amides is 1. The van der Waals surface area contributed by atoms with Crippen LogP contribution >= 0.6 is 0 Å². The number of nitrogens with zero attached hydrogens (tertiary/aromatic N) is 1. The highest BCUT2D eigenvalue weighted by atomic mass is 16.1. The Balaban J connectivity index is 1.54. The first-order valence-electron chi connectivity index (χ1n) is 11.6. The topological polar surface area (TPSA) is 80.0 Å². The standard InChI is InChI=1S/C26H34N4O/c1-2-3-4-5-6-7-8-9-13-19-30-24(27)21-17-14-18-22(23(21)25(30)28)29-26(31)20-15-11-10-12-16-20/h10-12,14-18,27-28H,2-9,13,19H2,1H3,(H,29,31). The molecule has 31 heavy (non-hydrogen) atoms. The lowest BCUT2D eigenvalue weighted by molar-refractivity contribution is 0.102. The molecule has 0 fully saturated rings. The third kappa shape index (κ3) is 5.81. The highest BCUT2D eigenvalue weighted by Gasteiger charge is 2.31. The van der Waals surface area contributed by atoms with Gasteiger partial charge in [-0.1, -0.05) is 88.6 Å². The summed E-state index contributed by atoms with van der Waals surface area (Å²) < 4.78 is 0. The van der Waals surface area contributed by atoms with Crippen molar-refractivity contribution >= 4 is 23.3 Å². The fraction of sp³-hybridized carbons (Fsp3) is 0.423. The van der Waals surface area contributed by atoms with E-state index in [1.165, 1.54) is 44.9 Å². The van der Waals surface area contributed by atoms with Crippen LogP contribution in [0.3, 0.4) is 0 Å². The molecule has 0 unspecified atom stereocenters. The molecule has 0 aromatic heterocycles. The minimum Gasteiger partial charge on any atom is -0.321 e. The average molecular weight is 419 g/mol. The second kappa shape index (κ2) is 11.4. The molecule has 0 bridgehead atoms. The Hall–Kier alpha value is -2.95. The lowest BCUT2D eigenvalue weighted by Gasteiger charge is -2.18. The van der Waals surface area contributed by atoms with E-state index in [1.807, 2.05) is 36.4 Å². The number of hydrogen-bond donors (Lipinski definition) is 3. The molecule has 1 aliphatic rings. The van der Waals surface area contributed by atoms with Crippen molar-refractivity contribution < 1.29 is 4.79 Å². The molecule has 5 nitrogen and oxygen atoms in total. The molecule has 0 saturated heterocycles. The van der Waals surface area contributed by atoms with Crippen LogP contribution in [0.2, 0.25) is 0 Å². The first-order chi connectivity index (χ1) is 15.1. The third-order valence-electron chi connectivity index (χ3n) is 5.87. The average Bonchev–Trinajstić information content (AvgIpc) is 3.04. The Morgan fingerprint density at radius 3 is 2.13 bits per heavy atom. The van der Waals surface area contributed by atoms with Crippen molar-refractivity contribution in [2.24, 2.45) is 0 Å². The quantitative estimate of drug-likeness (QED) is 0.347. The van der Waals surface area contributed by atoms with E-state index in [0.29, 0.717) is 40.6 Å². The van der Waals surface area contributed by atoms with Crippen molar-refractivity contribution in [1.82, 2.24) is 4.90 Å². The minimum absolute atomic E-state index is 0.203. The first-order valence-corrected chi connectivity index (χ1v) is 11.6. The van der Waals surface area contributed by atoms with Gasteiger partial charge in [0.05, 0.1) is 11.3 Å². The van der Waals surface area contributed by atoms with Crippen LogP contribution in [0, 0.1) is 10.8 Å². The Labute approximate surface area is 185 Å². The van der Waals surface area contributed by atoms with Gasteiger partial charge in [0.15, 0.2) is 0 Å². The molecule has 0 atom stereocenters. The third-order valence-corrected chi connectivity index (χ3v) is 5.87. The highest BCUT2D eigenvalue weighted by molar-refractivity contribution is 6.26. The van der Waals surface area contributed by atoms with E-state index in [9.17, 15) is 4.79 Å². The maximum absolute atomic E-state index is 12.6. The number of anilines is 1. The lowest BCUT2D eigenvalue weighted by atomic mass is 10.1. The van der Waals surface area contributed by atoms with Gasteiger partial charge in [0.25, 0.3) is 5.91 Å². The van der Waals surface area contributed by atoms with Gasteiger partial charge in [-0.05, 0) is 24.6 Å². The molecule has 1 amide bonds. The zero-order chi connectivity index (χ0) is 22.1. The van der Waals surface area contributed by atoms with Crippen molar-refractivity contribution in [2.45, 2.75) is 64.7 Å². The van der Waals surface area contributed by atoms with Gasteiger partial charge in [0.2, 0.25) is 0 Å². The van der Waals surface area contributed by atoms with E-state index >= 15 is 0 Å². The maximum atomic E-state index is 12.6. The Bertz CT molecular complexity index is 907. The van der Waals surface area contributed by atoms with Gasteiger partial charge in [-0.15, -0.1) is 0 Å². The fourth-order valence-electron chi connectivity index (χ4n) is 4.09. The van der Waals surface area contributed by atoms with Crippen LogP contribution in [0.1, 0.15) is 86.2 Å². The van der Waals surface area contributed by atoms with Crippen molar-refractivity contribution in [3.8, 4) is 0 Å². The van der Waals surface area contributed by atoms with Gasteiger partial charge in [-0.25, -0.2) is 0 Å². The van der Waals surface area contributed by atoms with Crippen LogP contribution in [-0.4, -0.2) is 29.0 Å². The van der Waals surface area contributed by atoms with E-state index in [0.717, 1.165) is 12.8 Å². The molecule has 2 aromatic rings. The zero-order valence-corrected chi connectivity index (χ0v) is 18.5. The van der Waals surface area contributed by atoms with E-state index < -0.39 is 0 Å². The van der Waals surface area contributed by atoms with Gasteiger partial charge >= 0.3 is 0 Å². The highest BCUT2D eigenvalue weighted by Crippen LogP contribution is 2.30. The second-order valence-corrected chi connectivity index (χ2v) is 8.23. The number of carbonyl (C=O) groups is 1. The predicted molar refractivity (Wildman–Crippen MR) is 128 cm³/mol. The molecule has 0 radical (unpaired) electrons. The molecule has 2 aromatic carbocycles. The molecular weight excluding hydrogens is 384 g/mol. The summed E-state index contributed by atoms with van der Waals surface area (Å²) in [5.74, 6) is 0.463. The fourth-order valence-corrected chi connectivity index (χ4v) is 4.09. The maximum Gasteiger partial charge on any atom is 0.255 e. The predicted octanol–water partition coefficient (Wildman–Crippen LogP) is 6.44. The van der Waals surface area contributed by atoms with Crippen molar-refractivity contribution in [3.05, 3.63) is 65.2 Å². The van der Waals surface area contributed by atoms with Gasteiger partial charge in [-0.2, -0.15) is 0 Å². The smallest absolute Gasteiger partial charge is 0.255 e. The summed E-state index contributed by atoms with van der Waals surface area (Å²) in [6, 6.07) is 14.6. The molecule has 0 saturated carbocycles. The summed E-state index contributed by atoms with van der Waals surface area (Å²) >= 11 is 0. The molecular formula is C26H34N4O. The monoisotopic (exact) mass is 418 g/mol. The van der Waals surface area contributed by atoms with Crippen LogP contribution in [0.25, 0.3) is 0 Å². The normalized spacial score (nSPS) is 12.9. The number of benzene rings is 2. The summed E-state index contributed by atoms with van der Waals surface area (Å²) in [4.78, 5) is 14.4. The SMILES string of the molecule is CCCCCCCCCCCN1C(=N)c2cccc(NC(=O)c3ccccc3)c2C1=N. The van der Waals surface area contributed by atoms with E-state index in [4.69, 9.17) is 10.8 Å². The number of nitrogens with one attached hydrogen (secondary N) is 3. The molecule has 3 N–H and O–H groups in total. The van der Waals surface area contributed by atoms with Crippen molar-refractivity contribution in [2.75, 3.05) is 11.9 Å². The van der Waals surface area contributed by atoms with Crippen LogP contribution in [0.4, 0.5) is 5.69 Å². The van der Waals surface area contributed by atoms with Gasteiger partial charge in [0.1, 0.15) is 11.7 Å². The largest absolute Gasteiger partial charge is 0.321 e. The minimum atomic E-state index is -0.203. The van der Waals surface area contributed by atoms with E-state index in [2.05, 4.69) is 12.2 Å². The summed E-state index contributed by atoms with van der Waals surface area (Å²) in [5, 5.41) is 20.1. The van der Waals surface area contributed by atoms with E-state index in [-0.39, 0.29) is 5.91 Å². The van der Waals surface area contributed by atoms with Crippen LogP contribution < -0.4 is 5.32 Å². The van der Waals surface area contributed by atoms with Crippen LogP contribution in [0.15, 0.2) is 48.5 Å². The molecule has 0 spiro atoms. The Kier molecular flexibility index (Phi) is 8.39. The number of rotatable bonds is 12. The number of hydrogen-bond acceptors (Lipinski definition) is 3. The molecule has 0 aliphatic carbocycles. The van der Waals surface area contributed by atoms with Crippen molar-refractivity contribution in [3.63, 3.8) is 0 Å². The van der Waals surface area contributed by atoms with Gasteiger partial charge < -0.3 is 10.2 Å². The van der Waals surface area contributed by atoms with Gasteiger partial charge in [-0.3, -0.25) is 15.6 Å². The second-order valence-electron chi connectivity index (χ2n) is 8.23. The molecule has 1 heterocycles. The summed E-state index contributed by atoms with van der Waals surface area (Å²) in [6.45, 7) is 2.92. The molecule has 5 heteroatoms. The van der Waals surface area contributed by atoms with E-state index in [1.54, 1.807) is 17.0 Å². The number of carbonyl (C=O) groups excluding carboxylic acids is 1. The Morgan fingerprint density at radius 1 is 0.806 bits per heavy atom. The molecule has 3 rings (SSSR count). The van der Waals surface area contributed by atoms with Crippen LogP contribution in [-0.2, 0) is 0 Å². The Morgan fingerprint density at radius 2 is 1.45 bits per heavy atom. The van der Waals surface area contributed by atoms with Crippen LogP contribution in [0.5, 0.6) is 0 Å². The number of fused-ring (bicyclic) bond motifs is 1. The lowest BCUT2D eigenvalue weighted by Crippen LogP contribution is -2.31. The summed E-state index contributed by atoms with van der Waals surface area (Å²) in [5.41, 5.74) is 2.53. The number of unbranched alkanes of at least 4 members (excludes halogenated alkanes) is 8. The molecule has 1 aliphatic heterocycles. The summed E-state index contributed by atoms with van der Waals surface area (Å²) in [6.07, 6.45) is 11.2. The summed E-state index contributed by atoms with van der Waals surface area (Å²) in [7, 11) is 0. The van der Waals surface area contributed by atoms with Crippen molar-refractivity contribution in [1.29, 1.82) is 10.8 Å². The first kappa shape index (κ1) is 22.7. The van der Waals surface area contributed by atoms with Gasteiger partial charge in [0, 0.05) is 17.7 Å². The number of amidine groups is 2. The molecule has 164 valence electrons.